The molecule has 0 atom stereocenters. The molecule has 2 N–H and O–H groups in total. The number of amides is 2. The van der Waals surface area contributed by atoms with Gasteiger partial charge in [-0.05, 0) is 61.6 Å². The molecule has 1 rings (SSSR count). The molecule has 2 amide bonds. The van der Waals surface area contributed by atoms with Gasteiger partial charge in [-0.15, -0.1) is 11.8 Å². The highest BCUT2D eigenvalue weighted by atomic mass is 32.2. The van der Waals surface area contributed by atoms with Crippen LogP contribution in [0.4, 0.5) is 5.69 Å². The van der Waals surface area contributed by atoms with Crippen LogP contribution in [-0.4, -0.2) is 62.5 Å². The third kappa shape index (κ3) is 16.2. The standard InChI is InChI=1S/C27H46N2O4S2/c1-4-6-7-8-9-17-32-19-12-20-33-18-10-13-26(30)29-24-22-23(14-15-25(24)35-5-2)27(31)28-16-11-21-34-3/h14-15,22H,4-13,16-21H2,1-3H3,(H,28,31)(H,29,30). The number of ether oxygens (including phenoxy) is 2. The monoisotopic (exact) mass is 526 g/mol. The molecule has 1 aromatic carbocycles. The van der Waals surface area contributed by atoms with Crippen LogP contribution in [0.5, 0.6) is 0 Å². The highest BCUT2D eigenvalue weighted by molar-refractivity contribution is 7.99. The number of rotatable bonds is 22. The van der Waals surface area contributed by atoms with E-state index in [1.54, 1.807) is 29.6 Å². The van der Waals surface area contributed by atoms with Gasteiger partial charge in [-0.2, -0.15) is 11.8 Å². The number of anilines is 1. The average molecular weight is 527 g/mol. The normalized spacial score (nSPS) is 10.9. The zero-order valence-corrected chi connectivity index (χ0v) is 23.6. The van der Waals surface area contributed by atoms with Gasteiger partial charge in [0.05, 0.1) is 5.69 Å². The SMILES string of the molecule is CCCCCCCOCCCOCCCC(=O)Nc1cc(C(=O)NCCCSC)ccc1SCC. The van der Waals surface area contributed by atoms with Gasteiger partial charge in [-0.3, -0.25) is 9.59 Å². The molecular formula is C27H46N2O4S2. The van der Waals surface area contributed by atoms with E-state index in [4.69, 9.17) is 9.47 Å². The molecular weight excluding hydrogens is 480 g/mol. The number of hydrogen-bond donors (Lipinski definition) is 2. The quantitative estimate of drug-likeness (QED) is 0.135. The predicted molar refractivity (Wildman–Crippen MR) is 151 cm³/mol. The van der Waals surface area contributed by atoms with Crippen LogP contribution in [0.2, 0.25) is 0 Å². The van der Waals surface area contributed by atoms with E-state index in [2.05, 4.69) is 30.7 Å². The Hall–Kier alpha value is -1.22. The Morgan fingerprint density at radius 2 is 1.60 bits per heavy atom. The molecule has 0 unspecified atom stereocenters. The van der Waals surface area contributed by atoms with Crippen LogP contribution >= 0.6 is 23.5 Å². The lowest BCUT2D eigenvalue weighted by atomic mass is 10.1. The minimum absolute atomic E-state index is 0.0597. The van der Waals surface area contributed by atoms with E-state index in [1.807, 2.05) is 12.1 Å². The second-order valence-corrected chi connectivity index (χ2v) is 10.7. The van der Waals surface area contributed by atoms with Gasteiger partial charge in [0, 0.05) is 49.9 Å². The molecule has 0 aromatic heterocycles. The second kappa shape index (κ2) is 22.0. The maximum atomic E-state index is 12.5. The molecule has 35 heavy (non-hydrogen) atoms. The molecule has 0 fully saturated rings. The fraction of sp³-hybridized carbons (Fsp3) is 0.704. The Bertz CT molecular complexity index is 704. The van der Waals surface area contributed by atoms with E-state index in [0.29, 0.717) is 43.9 Å². The summed E-state index contributed by atoms with van der Waals surface area (Å²) in [6, 6.07) is 5.51. The van der Waals surface area contributed by atoms with Gasteiger partial charge in [-0.1, -0.05) is 39.5 Å². The van der Waals surface area contributed by atoms with Gasteiger partial charge < -0.3 is 20.1 Å². The number of carbonyl (C=O) groups excluding carboxylic acids is 2. The minimum Gasteiger partial charge on any atom is -0.381 e. The summed E-state index contributed by atoms with van der Waals surface area (Å²) < 4.78 is 11.3. The fourth-order valence-electron chi connectivity index (χ4n) is 3.39. The Morgan fingerprint density at radius 1 is 0.886 bits per heavy atom. The molecule has 0 aliphatic heterocycles. The van der Waals surface area contributed by atoms with Crippen molar-refractivity contribution >= 4 is 41.0 Å². The van der Waals surface area contributed by atoms with Crippen molar-refractivity contribution in [1.82, 2.24) is 5.32 Å². The first-order valence-corrected chi connectivity index (χ1v) is 15.5. The second-order valence-electron chi connectivity index (χ2n) is 8.39. The lowest BCUT2D eigenvalue weighted by Gasteiger charge is -2.13. The number of hydrogen-bond acceptors (Lipinski definition) is 6. The average Bonchev–Trinajstić information content (AvgIpc) is 2.85. The van der Waals surface area contributed by atoms with E-state index >= 15 is 0 Å². The van der Waals surface area contributed by atoms with Crippen LogP contribution in [0.1, 0.15) is 82.0 Å². The molecule has 0 saturated carbocycles. The van der Waals surface area contributed by atoms with Crippen LogP contribution < -0.4 is 10.6 Å². The van der Waals surface area contributed by atoms with Crippen LogP contribution in [0.25, 0.3) is 0 Å². The van der Waals surface area contributed by atoms with E-state index in [9.17, 15) is 9.59 Å². The molecule has 6 nitrogen and oxygen atoms in total. The van der Waals surface area contributed by atoms with Gasteiger partial charge >= 0.3 is 0 Å². The molecule has 0 saturated heterocycles. The molecule has 200 valence electrons. The van der Waals surface area contributed by atoms with Crippen molar-refractivity contribution in [2.24, 2.45) is 0 Å². The number of thioether (sulfide) groups is 2. The van der Waals surface area contributed by atoms with Gasteiger partial charge in [-0.25, -0.2) is 0 Å². The van der Waals surface area contributed by atoms with E-state index in [1.165, 1.54) is 25.7 Å². The largest absolute Gasteiger partial charge is 0.381 e. The highest BCUT2D eigenvalue weighted by Gasteiger charge is 2.12. The van der Waals surface area contributed by atoms with Crippen LogP contribution in [0.3, 0.4) is 0 Å². The van der Waals surface area contributed by atoms with Gasteiger partial charge in [0.1, 0.15) is 0 Å². The topological polar surface area (TPSA) is 76.7 Å². The van der Waals surface area contributed by atoms with Crippen molar-refractivity contribution in [2.75, 3.05) is 56.1 Å². The molecule has 0 spiro atoms. The van der Waals surface area contributed by atoms with Crippen LogP contribution in [-0.2, 0) is 14.3 Å². The van der Waals surface area contributed by atoms with E-state index in [0.717, 1.165) is 48.9 Å². The summed E-state index contributed by atoms with van der Waals surface area (Å²) >= 11 is 3.42. The molecule has 0 heterocycles. The zero-order chi connectivity index (χ0) is 25.6. The van der Waals surface area contributed by atoms with Crippen molar-refractivity contribution in [3.8, 4) is 0 Å². The molecule has 0 aliphatic carbocycles. The Balaban J connectivity index is 2.28. The first-order chi connectivity index (χ1) is 17.1. The van der Waals surface area contributed by atoms with Gasteiger partial charge in [0.25, 0.3) is 5.91 Å². The van der Waals surface area contributed by atoms with Crippen molar-refractivity contribution < 1.29 is 19.1 Å². The summed E-state index contributed by atoms with van der Waals surface area (Å²) in [6.45, 7) is 7.72. The van der Waals surface area contributed by atoms with E-state index in [-0.39, 0.29) is 11.8 Å². The van der Waals surface area contributed by atoms with Crippen molar-refractivity contribution in [2.45, 2.75) is 76.5 Å². The Morgan fingerprint density at radius 3 is 2.31 bits per heavy atom. The number of carbonyl (C=O) groups is 2. The predicted octanol–water partition coefficient (Wildman–Crippen LogP) is 6.39. The minimum atomic E-state index is -0.108. The van der Waals surface area contributed by atoms with Crippen molar-refractivity contribution in [3.05, 3.63) is 23.8 Å². The maximum absolute atomic E-state index is 12.5. The summed E-state index contributed by atoms with van der Waals surface area (Å²) in [5, 5.41) is 5.94. The Kier molecular flexibility index (Phi) is 20.0. The summed E-state index contributed by atoms with van der Waals surface area (Å²) in [5.74, 6) is 1.74. The smallest absolute Gasteiger partial charge is 0.251 e. The third-order valence-corrected chi connectivity index (χ3v) is 6.94. The van der Waals surface area contributed by atoms with E-state index < -0.39 is 0 Å². The first kappa shape index (κ1) is 31.8. The van der Waals surface area contributed by atoms with Crippen molar-refractivity contribution in [3.63, 3.8) is 0 Å². The fourth-order valence-corrected chi connectivity index (χ4v) is 4.57. The number of benzene rings is 1. The number of nitrogens with one attached hydrogen (secondary N) is 2. The summed E-state index contributed by atoms with van der Waals surface area (Å²) in [7, 11) is 0. The summed E-state index contributed by atoms with van der Waals surface area (Å²) in [5.41, 5.74) is 1.27. The third-order valence-electron chi connectivity index (χ3n) is 5.29. The van der Waals surface area contributed by atoms with Crippen LogP contribution in [0.15, 0.2) is 23.1 Å². The molecule has 0 bridgehead atoms. The van der Waals surface area contributed by atoms with Crippen LogP contribution in [0, 0.1) is 0 Å². The van der Waals surface area contributed by atoms with Crippen molar-refractivity contribution in [1.29, 1.82) is 0 Å². The lowest BCUT2D eigenvalue weighted by Crippen LogP contribution is -2.25. The molecule has 0 radical (unpaired) electrons. The summed E-state index contributed by atoms with van der Waals surface area (Å²) in [6.07, 6.45) is 11.2. The Labute approximate surface area is 221 Å². The summed E-state index contributed by atoms with van der Waals surface area (Å²) in [4.78, 5) is 25.9. The zero-order valence-electron chi connectivity index (χ0n) is 22.0. The maximum Gasteiger partial charge on any atom is 0.251 e. The molecule has 0 aliphatic rings. The lowest BCUT2D eigenvalue weighted by molar-refractivity contribution is -0.116. The molecule has 1 aromatic rings. The first-order valence-electron chi connectivity index (χ1n) is 13.1. The highest BCUT2D eigenvalue weighted by Crippen LogP contribution is 2.28. The molecule has 8 heteroatoms. The van der Waals surface area contributed by atoms with Gasteiger partial charge in [0.15, 0.2) is 0 Å². The number of unbranched alkanes of at least 4 members (excludes halogenated alkanes) is 4. The van der Waals surface area contributed by atoms with Gasteiger partial charge in [0.2, 0.25) is 5.91 Å².